The molecule has 2 N–H and O–H groups in total. The minimum Gasteiger partial charge on any atom is -0.353 e. The van der Waals surface area contributed by atoms with Gasteiger partial charge in [-0.25, -0.2) is 0 Å². The van der Waals surface area contributed by atoms with E-state index in [1.54, 1.807) is 0 Å². The van der Waals surface area contributed by atoms with Crippen LogP contribution < -0.4 is 10.6 Å². The number of nitrogens with one attached hydrogen (secondary N) is 2. The topological polar surface area (TPSA) is 44.4 Å². The third kappa shape index (κ3) is 4.58. The Hall–Kier alpha value is -0.610. The summed E-state index contributed by atoms with van der Waals surface area (Å²) in [5, 5.41) is 6.41. The Morgan fingerprint density at radius 3 is 2.44 bits per heavy atom. The molecule has 106 valence electrons. The van der Waals surface area contributed by atoms with Crippen molar-refractivity contribution in [2.75, 3.05) is 19.6 Å². The van der Waals surface area contributed by atoms with Crippen molar-refractivity contribution in [1.82, 2.24) is 15.5 Å². The van der Waals surface area contributed by atoms with E-state index in [1.807, 2.05) is 20.8 Å². The summed E-state index contributed by atoms with van der Waals surface area (Å²) in [5.74, 6) is 0.164. The third-order valence-electron chi connectivity index (χ3n) is 3.57. The Morgan fingerprint density at radius 2 is 1.94 bits per heavy atom. The molecule has 0 aromatic heterocycles. The lowest BCUT2D eigenvalue weighted by Crippen LogP contribution is -2.53. The van der Waals surface area contributed by atoms with Crippen molar-refractivity contribution in [3.63, 3.8) is 0 Å². The van der Waals surface area contributed by atoms with Crippen LogP contribution >= 0.6 is 0 Å². The number of rotatable bonds is 6. The smallest absolute Gasteiger partial charge is 0.237 e. The highest BCUT2D eigenvalue weighted by atomic mass is 16.2. The first kappa shape index (κ1) is 15.4. The van der Waals surface area contributed by atoms with Gasteiger partial charge in [0.1, 0.15) is 0 Å². The molecule has 0 aromatic carbocycles. The highest BCUT2D eigenvalue weighted by Crippen LogP contribution is 2.16. The van der Waals surface area contributed by atoms with E-state index in [9.17, 15) is 4.79 Å². The van der Waals surface area contributed by atoms with Gasteiger partial charge in [0.25, 0.3) is 0 Å². The molecule has 0 bridgehead atoms. The lowest BCUT2D eigenvalue weighted by atomic mass is 10.0. The number of amides is 1. The lowest BCUT2D eigenvalue weighted by Gasteiger charge is -2.38. The molecule has 1 aliphatic rings. The number of piperidine rings is 1. The summed E-state index contributed by atoms with van der Waals surface area (Å²) in [6.07, 6.45) is 3.40. The minimum atomic E-state index is -0.0181. The van der Waals surface area contributed by atoms with Crippen molar-refractivity contribution in [3.05, 3.63) is 0 Å². The van der Waals surface area contributed by atoms with Gasteiger partial charge in [-0.2, -0.15) is 0 Å². The molecule has 1 fully saturated rings. The summed E-state index contributed by atoms with van der Waals surface area (Å²) in [5.41, 5.74) is 0. The normalized spacial score (nSPS) is 19.2. The highest BCUT2D eigenvalue weighted by Gasteiger charge is 2.28. The Kier molecular flexibility index (Phi) is 6.65. The molecule has 4 heteroatoms. The van der Waals surface area contributed by atoms with Gasteiger partial charge in [-0.15, -0.1) is 0 Å². The van der Waals surface area contributed by atoms with Crippen molar-refractivity contribution in [2.24, 2.45) is 0 Å². The van der Waals surface area contributed by atoms with Gasteiger partial charge < -0.3 is 10.6 Å². The highest BCUT2D eigenvalue weighted by molar-refractivity contribution is 5.81. The first-order chi connectivity index (χ1) is 8.56. The predicted octanol–water partition coefficient (Wildman–Crippen LogP) is 1.36. The van der Waals surface area contributed by atoms with Crippen LogP contribution in [0.15, 0.2) is 0 Å². The van der Waals surface area contributed by atoms with Crippen molar-refractivity contribution in [1.29, 1.82) is 0 Å². The third-order valence-corrected chi connectivity index (χ3v) is 3.57. The van der Waals surface area contributed by atoms with Crippen molar-refractivity contribution >= 4 is 5.91 Å². The molecule has 1 aliphatic heterocycles. The number of hydrogen-bond acceptors (Lipinski definition) is 3. The van der Waals surface area contributed by atoms with Crippen LogP contribution in [0.4, 0.5) is 0 Å². The molecule has 1 atom stereocenters. The standard InChI is InChI=1S/C14H29N3O/c1-5-10-17(13-6-8-15-9-7-13)12(4)14(18)16-11(2)3/h11-13,15H,5-10H2,1-4H3,(H,16,18). The molecule has 1 saturated heterocycles. The fourth-order valence-electron chi connectivity index (χ4n) is 2.64. The van der Waals surface area contributed by atoms with E-state index in [-0.39, 0.29) is 18.0 Å². The molecule has 1 amide bonds. The van der Waals surface area contributed by atoms with Crippen LogP contribution in [0.1, 0.15) is 47.0 Å². The molecule has 1 rings (SSSR count). The van der Waals surface area contributed by atoms with Gasteiger partial charge in [-0.05, 0) is 59.7 Å². The fraction of sp³-hybridized carbons (Fsp3) is 0.929. The summed E-state index contributed by atoms with van der Waals surface area (Å²) >= 11 is 0. The SMILES string of the molecule is CCCN(C1CCNCC1)C(C)C(=O)NC(C)C. The van der Waals surface area contributed by atoms with E-state index in [2.05, 4.69) is 22.5 Å². The molecule has 0 aliphatic carbocycles. The Balaban J connectivity index is 2.61. The van der Waals surface area contributed by atoms with E-state index in [4.69, 9.17) is 0 Å². The van der Waals surface area contributed by atoms with Crippen LogP contribution in [0, 0.1) is 0 Å². The largest absolute Gasteiger partial charge is 0.353 e. The molecule has 0 aromatic rings. The van der Waals surface area contributed by atoms with Gasteiger partial charge in [0.2, 0.25) is 5.91 Å². The molecule has 1 heterocycles. The first-order valence-corrected chi connectivity index (χ1v) is 7.33. The number of hydrogen-bond donors (Lipinski definition) is 2. The summed E-state index contributed by atoms with van der Waals surface area (Å²) in [7, 11) is 0. The van der Waals surface area contributed by atoms with E-state index >= 15 is 0 Å². The summed E-state index contributed by atoms with van der Waals surface area (Å²) in [6, 6.07) is 0.756. The fourth-order valence-corrected chi connectivity index (χ4v) is 2.64. The van der Waals surface area contributed by atoms with Gasteiger partial charge in [-0.3, -0.25) is 9.69 Å². The minimum absolute atomic E-state index is 0.0181. The Morgan fingerprint density at radius 1 is 1.33 bits per heavy atom. The van der Waals surface area contributed by atoms with E-state index in [1.165, 1.54) is 0 Å². The monoisotopic (exact) mass is 255 g/mol. The van der Waals surface area contributed by atoms with Gasteiger partial charge in [0, 0.05) is 12.1 Å². The maximum Gasteiger partial charge on any atom is 0.237 e. The van der Waals surface area contributed by atoms with Gasteiger partial charge in [-0.1, -0.05) is 6.92 Å². The second-order valence-corrected chi connectivity index (χ2v) is 5.56. The molecule has 0 spiro atoms. The first-order valence-electron chi connectivity index (χ1n) is 7.33. The van der Waals surface area contributed by atoms with Crippen molar-refractivity contribution in [3.8, 4) is 0 Å². The molecule has 0 saturated carbocycles. The van der Waals surface area contributed by atoms with Crippen LogP contribution in [0.25, 0.3) is 0 Å². The molecule has 4 nitrogen and oxygen atoms in total. The predicted molar refractivity (Wildman–Crippen MR) is 75.6 cm³/mol. The van der Waals surface area contributed by atoms with Crippen LogP contribution in [0.5, 0.6) is 0 Å². The van der Waals surface area contributed by atoms with E-state index in [0.29, 0.717) is 6.04 Å². The van der Waals surface area contributed by atoms with E-state index < -0.39 is 0 Å². The van der Waals surface area contributed by atoms with Crippen LogP contribution in [0.2, 0.25) is 0 Å². The van der Waals surface area contributed by atoms with Crippen LogP contribution in [-0.4, -0.2) is 48.6 Å². The summed E-state index contributed by atoms with van der Waals surface area (Å²) < 4.78 is 0. The van der Waals surface area contributed by atoms with E-state index in [0.717, 1.165) is 38.9 Å². The molecular weight excluding hydrogens is 226 g/mol. The van der Waals surface area contributed by atoms with Crippen molar-refractivity contribution < 1.29 is 4.79 Å². The van der Waals surface area contributed by atoms with Crippen molar-refractivity contribution in [2.45, 2.75) is 65.1 Å². The Bertz CT molecular complexity index is 249. The summed E-state index contributed by atoms with van der Waals surface area (Å²) in [4.78, 5) is 14.5. The van der Waals surface area contributed by atoms with Crippen LogP contribution in [0.3, 0.4) is 0 Å². The maximum absolute atomic E-state index is 12.1. The van der Waals surface area contributed by atoms with Crippen LogP contribution in [-0.2, 0) is 4.79 Å². The second kappa shape index (κ2) is 7.74. The number of carbonyl (C=O) groups excluding carboxylic acids is 1. The quantitative estimate of drug-likeness (QED) is 0.753. The average Bonchev–Trinajstić information content (AvgIpc) is 2.35. The Labute approximate surface area is 111 Å². The zero-order chi connectivity index (χ0) is 13.5. The molecule has 0 radical (unpaired) electrons. The molecule has 1 unspecified atom stereocenters. The number of nitrogens with zero attached hydrogens (tertiary/aromatic N) is 1. The summed E-state index contributed by atoms with van der Waals surface area (Å²) in [6.45, 7) is 11.4. The molecule has 18 heavy (non-hydrogen) atoms. The zero-order valence-electron chi connectivity index (χ0n) is 12.3. The molecular formula is C14H29N3O. The maximum atomic E-state index is 12.1. The zero-order valence-corrected chi connectivity index (χ0v) is 12.3. The van der Waals surface area contributed by atoms with Gasteiger partial charge in [0.15, 0.2) is 0 Å². The number of carbonyl (C=O) groups is 1. The lowest BCUT2D eigenvalue weighted by molar-refractivity contribution is -0.127. The van der Waals surface area contributed by atoms with Gasteiger partial charge in [0.05, 0.1) is 6.04 Å². The average molecular weight is 255 g/mol. The van der Waals surface area contributed by atoms with Gasteiger partial charge >= 0.3 is 0 Å². The second-order valence-electron chi connectivity index (χ2n) is 5.56.